The van der Waals surface area contributed by atoms with E-state index in [0.717, 1.165) is 22.1 Å². The average molecular weight is 295 g/mol. The van der Waals surface area contributed by atoms with Gasteiger partial charge < -0.3 is 4.74 Å². The molecule has 0 atom stereocenters. The molecule has 0 N–H and O–H groups in total. The van der Waals surface area contributed by atoms with Gasteiger partial charge in [0.1, 0.15) is 0 Å². The highest BCUT2D eigenvalue weighted by Gasteiger charge is 2.10. The van der Waals surface area contributed by atoms with E-state index in [1.54, 1.807) is 11.8 Å². The topological polar surface area (TPSA) is 26.3 Å². The number of thioether (sulfide) groups is 1. The summed E-state index contributed by atoms with van der Waals surface area (Å²) in [6, 6.07) is 10.1. The van der Waals surface area contributed by atoms with Crippen LogP contribution >= 0.6 is 23.4 Å². The van der Waals surface area contributed by atoms with E-state index in [1.165, 1.54) is 12.0 Å². The molecule has 4 heteroatoms. The normalized spacial score (nSPS) is 10.7. The molecule has 0 aliphatic rings. The van der Waals surface area contributed by atoms with Gasteiger partial charge in [-0.25, -0.2) is 0 Å². The van der Waals surface area contributed by atoms with Gasteiger partial charge in [0.05, 0.1) is 18.6 Å². The van der Waals surface area contributed by atoms with Crippen LogP contribution in [0.15, 0.2) is 35.2 Å². The second kappa shape index (κ2) is 6.31. The summed E-state index contributed by atoms with van der Waals surface area (Å²) in [7, 11) is 1.38. The van der Waals surface area contributed by atoms with E-state index < -0.39 is 0 Å². The van der Waals surface area contributed by atoms with Gasteiger partial charge >= 0.3 is 5.97 Å². The van der Waals surface area contributed by atoms with Gasteiger partial charge in [-0.15, -0.1) is 11.8 Å². The molecule has 0 spiro atoms. The zero-order valence-electron chi connectivity index (χ0n) is 10.9. The van der Waals surface area contributed by atoms with Crippen molar-refractivity contribution in [3.63, 3.8) is 0 Å². The Balaban J connectivity index is 2.41. The van der Waals surface area contributed by atoms with E-state index in [9.17, 15) is 4.79 Å². The maximum Gasteiger partial charge on any atom is 0.310 e. The fourth-order valence-electron chi connectivity index (χ4n) is 1.94. The lowest BCUT2D eigenvalue weighted by Gasteiger charge is -2.08. The van der Waals surface area contributed by atoms with Gasteiger partial charge in [0.25, 0.3) is 0 Å². The molecule has 100 valence electrons. The van der Waals surface area contributed by atoms with Crippen molar-refractivity contribution in [1.82, 2.24) is 0 Å². The first-order valence-electron chi connectivity index (χ1n) is 6.06. The first-order valence-corrected chi connectivity index (χ1v) is 7.42. The molecule has 0 aliphatic carbocycles. The van der Waals surface area contributed by atoms with Crippen LogP contribution in [0, 0.1) is 0 Å². The van der Waals surface area contributed by atoms with Crippen LogP contribution in [0.2, 0.25) is 5.02 Å². The molecule has 0 unspecified atom stereocenters. The van der Waals surface area contributed by atoms with Gasteiger partial charge in [-0.1, -0.05) is 36.7 Å². The SMILES string of the molecule is CCSc1ccc2c(Cl)c(CC(=O)OC)ccc2c1. The molecule has 0 aromatic heterocycles. The highest BCUT2D eigenvalue weighted by molar-refractivity contribution is 7.99. The van der Waals surface area contributed by atoms with Crippen molar-refractivity contribution in [2.24, 2.45) is 0 Å². The third kappa shape index (κ3) is 3.23. The Morgan fingerprint density at radius 2 is 2.11 bits per heavy atom. The predicted molar refractivity (Wildman–Crippen MR) is 81.1 cm³/mol. The fourth-order valence-corrected chi connectivity index (χ4v) is 2.95. The van der Waals surface area contributed by atoms with Crippen LogP contribution in [-0.4, -0.2) is 18.8 Å². The maximum absolute atomic E-state index is 11.3. The second-order valence-corrected chi connectivity index (χ2v) is 5.82. The monoisotopic (exact) mass is 294 g/mol. The number of rotatable bonds is 4. The minimum Gasteiger partial charge on any atom is -0.469 e. The zero-order valence-corrected chi connectivity index (χ0v) is 12.5. The lowest BCUT2D eigenvalue weighted by Crippen LogP contribution is -2.04. The standard InChI is InChI=1S/C15H15ClO2S/c1-3-19-12-6-7-13-10(8-12)4-5-11(15(13)16)9-14(17)18-2/h4-8H,3,9H2,1-2H3. The van der Waals surface area contributed by atoms with E-state index in [1.807, 2.05) is 18.2 Å². The van der Waals surface area contributed by atoms with Crippen LogP contribution in [0.5, 0.6) is 0 Å². The Morgan fingerprint density at radius 1 is 1.32 bits per heavy atom. The molecule has 0 saturated heterocycles. The predicted octanol–water partition coefficient (Wildman–Crippen LogP) is 4.32. The number of hydrogen-bond donors (Lipinski definition) is 0. The molecule has 0 bridgehead atoms. The number of benzene rings is 2. The Bertz CT molecular complexity index is 610. The molecule has 0 heterocycles. The fraction of sp³-hybridized carbons (Fsp3) is 0.267. The molecule has 2 aromatic rings. The van der Waals surface area contributed by atoms with Crippen LogP contribution in [0.4, 0.5) is 0 Å². The summed E-state index contributed by atoms with van der Waals surface area (Å²) in [6.45, 7) is 2.13. The van der Waals surface area contributed by atoms with Crippen LogP contribution in [-0.2, 0) is 16.0 Å². The van der Waals surface area contributed by atoms with E-state index in [-0.39, 0.29) is 12.4 Å². The largest absolute Gasteiger partial charge is 0.469 e. The zero-order chi connectivity index (χ0) is 13.8. The highest BCUT2D eigenvalue weighted by atomic mass is 35.5. The summed E-state index contributed by atoms with van der Waals surface area (Å²) in [4.78, 5) is 12.6. The highest BCUT2D eigenvalue weighted by Crippen LogP contribution is 2.31. The number of hydrogen-bond acceptors (Lipinski definition) is 3. The van der Waals surface area contributed by atoms with Gasteiger partial charge in [0.15, 0.2) is 0 Å². The van der Waals surface area contributed by atoms with Gasteiger partial charge in [0.2, 0.25) is 0 Å². The summed E-state index contributed by atoms with van der Waals surface area (Å²) in [5, 5.41) is 2.71. The Hall–Kier alpha value is -1.19. The third-order valence-electron chi connectivity index (χ3n) is 2.88. The minimum atomic E-state index is -0.278. The van der Waals surface area contributed by atoms with E-state index >= 15 is 0 Å². The van der Waals surface area contributed by atoms with Gasteiger partial charge in [-0.3, -0.25) is 4.79 Å². The maximum atomic E-state index is 11.3. The number of ether oxygens (including phenoxy) is 1. The van der Waals surface area contributed by atoms with Crippen molar-refractivity contribution in [2.75, 3.05) is 12.9 Å². The molecule has 0 saturated carbocycles. The summed E-state index contributed by atoms with van der Waals surface area (Å²) in [5.41, 5.74) is 0.803. The number of halogens is 1. The van der Waals surface area contributed by atoms with E-state index in [2.05, 4.69) is 23.8 Å². The third-order valence-corrected chi connectivity index (χ3v) is 4.20. The molecule has 2 aromatic carbocycles. The Kier molecular flexibility index (Phi) is 4.72. The van der Waals surface area contributed by atoms with E-state index in [4.69, 9.17) is 11.6 Å². The lowest BCUT2D eigenvalue weighted by molar-refractivity contribution is -0.139. The second-order valence-electron chi connectivity index (χ2n) is 4.11. The molecule has 2 rings (SSSR count). The van der Waals surface area contributed by atoms with Crippen LogP contribution < -0.4 is 0 Å². The number of fused-ring (bicyclic) bond motifs is 1. The van der Waals surface area contributed by atoms with Gasteiger partial charge in [-0.2, -0.15) is 0 Å². The summed E-state index contributed by atoms with van der Waals surface area (Å²) < 4.78 is 4.67. The lowest BCUT2D eigenvalue weighted by atomic mass is 10.0. The number of esters is 1. The smallest absolute Gasteiger partial charge is 0.310 e. The van der Waals surface area contributed by atoms with Crippen molar-refractivity contribution >= 4 is 40.1 Å². The van der Waals surface area contributed by atoms with E-state index in [0.29, 0.717) is 5.02 Å². The van der Waals surface area contributed by atoms with Gasteiger partial charge in [-0.05, 0) is 28.8 Å². The summed E-state index contributed by atoms with van der Waals surface area (Å²) in [6.07, 6.45) is 0.205. The number of carbonyl (C=O) groups is 1. The molecule has 0 radical (unpaired) electrons. The average Bonchev–Trinajstić information content (AvgIpc) is 2.42. The first-order chi connectivity index (χ1) is 9.15. The molecular weight excluding hydrogens is 280 g/mol. The summed E-state index contributed by atoms with van der Waals surface area (Å²) >= 11 is 8.15. The van der Waals surface area contributed by atoms with Crippen molar-refractivity contribution in [3.05, 3.63) is 40.9 Å². The van der Waals surface area contributed by atoms with Crippen LogP contribution in [0.25, 0.3) is 10.8 Å². The molecule has 2 nitrogen and oxygen atoms in total. The minimum absolute atomic E-state index is 0.205. The molecule has 19 heavy (non-hydrogen) atoms. The number of methoxy groups -OCH3 is 1. The molecular formula is C15H15ClO2S. The Labute approximate surface area is 122 Å². The molecule has 0 aliphatic heterocycles. The first kappa shape index (κ1) is 14.2. The van der Waals surface area contributed by atoms with Crippen molar-refractivity contribution in [3.8, 4) is 0 Å². The molecule has 0 amide bonds. The quantitative estimate of drug-likeness (QED) is 0.620. The summed E-state index contributed by atoms with van der Waals surface area (Å²) in [5.74, 6) is 0.763. The molecule has 0 fully saturated rings. The van der Waals surface area contributed by atoms with Crippen molar-refractivity contribution in [2.45, 2.75) is 18.2 Å². The Morgan fingerprint density at radius 3 is 2.79 bits per heavy atom. The van der Waals surface area contributed by atoms with Crippen LogP contribution in [0.1, 0.15) is 12.5 Å². The van der Waals surface area contributed by atoms with Crippen molar-refractivity contribution in [1.29, 1.82) is 0 Å². The van der Waals surface area contributed by atoms with Crippen molar-refractivity contribution < 1.29 is 9.53 Å². The number of carbonyl (C=O) groups excluding carboxylic acids is 1. The van der Waals surface area contributed by atoms with Crippen LogP contribution in [0.3, 0.4) is 0 Å². The van der Waals surface area contributed by atoms with Gasteiger partial charge in [0, 0.05) is 10.3 Å².